The molecule has 0 unspecified atom stereocenters. The zero-order valence-corrected chi connectivity index (χ0v) is 22.1. The molecule has 35 heavy (non-hydrogen) atoms. The Morgan fingerprint density at radius 2 is 2.03 bits per heavy atom. The molecule has 2 aliphatic carbocycles. The maximum atomic E-state index is 11.6. The van der Waals surface area contributed by atoms with Gasteiger partial charge in [-0.1, -0.05) is 22.9 Å². The predicted octanol–water partition coefficient (Wildman–Crippen LogP) is 5.42. The molecule has 0 atom stereocenters. The third-order valence-corrected chi connectivity index (χ3v) is 8.34. The first-order valence-electron chi connectivity index (χ1n) is 12.2. The number of hydrogen-bond donors (Lipinski definition) is 3. The molecule has 0 spiro atoms. The fraction of sp³-hybridized carbons (Fsp3) is 0.480. The van der Waals surface area contributed by atoms with Crippen LogP contribution in [0.4, 0.5) is 10.8 Å². The Kier molecular flexibility index (Phi) is 7.08. The molecular formula is C25H30Cl2N6OS. The molecule has 1 saturated heterocycles. The number of aryl methyl sites for hydroxylation is 1. The molecule has 3 N–H and O–H groups in total. The number of piperidine rings is 1. The van der Waals surface area contributed by atoms with Crippen molar-refractivity contribution in [1.29, 1.82) is 0 Å². The lowest BCUT2D eigenvalue weighted by atomic mass is 9.96. The second-order valence-corrected chi connectivity index (χ2v) is 11.0. The van der Waals surface area contributed by atoms with Gasteiger partial charge >= 0.3 is 0 Å². The van der Waals surface area contributed by atoms with Crippen LogP contribution in [0, 0.1) is 5.92 Å². The summed E-state index contributed by atoms with van der Waals surface area (Å²) in [5.74, 6) is 1.14. The largest absolute Gasteiger partial charge is 0.385 e. The lowest BCUT2D eigenvalue weighted by Gasteiger charge is -2.23. The van der Waals surface area contributed by atoms with E-state index in [1.807, 2.05) is 10.7 Å². The molecule has 186 valence electrons. The van der Waals surface area contributed by atoms with Gasteiger partial charge < -0.3 is 16.0 Å². The maximum Gasteiger partial charge on any atom is 0.223 e. The Labute approximate surface area is 220 Å². The van der Waals surface area contributed by atoms with Gasteiger partial charge in [0.05, 0.1) is 32.7 Å². The van der Waals surface area contributed by atoms with Crippen molar-refractivity contribution in [3.63, 3.8) is 0 Å². The average molecular weight is 534 g/mol. The Balaban J connectivity index is 0.00000253. The van der Waals surface area contributed by atoms with Gasteiger partial charge in [0.15, 0.2) is 5.13 Å². The first-order valence-corrected chi connectivity index (χ1v) is 13.4. The van der Waals surface area contributed by atoms with Crippen LogP contribution in [0.2, 0.25) is 5.02 Å². The van der Waals surface area contributed by atoms with Gasteiger partial charge in [-0.2, -0.15) is 5.10 Å². The van der Waals surface area contributed by atoms with Gasteiger partial charge in [0, 0.05) is 30.6 Å². The lowest BCUT2D eigenvalue weighted by molar-refractivity contribution is -0.114. The summed E-state index contributed by atoms with van der Waals surface area (Å²) in [4.78, 5) is 17.4. The third kappa shape index (κ3) is 4.94. The molecule has 2 aromatic heterocycles. The van der Waals surface area contributed by atoms with Crippen LogP contribution in [0.15, 0.2) is 18.2 Å². The summed E-state index contributed by atoms with van der Waals surface area (Å²) in [6.07, 6.45) is 6.61. The van der Waals surface area contributed by atoms with Crippen LogP contribution >= 0.6 is 35.3 Å². The van der Waals surface area contributed by atoms with E-state index in [2.05, 4.69) is 28.1 Å². The normalized spacial score (nSPS) is 17.3. The van der Waals surface area contributed by atoms with Crippen LogP contribution in [0.1, 0.15) is 55.5 Å². The van der Waals surface area contributed by atoms with Crippen LogP contribution < -0.4 is 16.0 Å². The van der Waals surface area contributed by atoms with Crippen LogP contribution in [0.3, 0.4) is 0 Å². The quantitative estimate of drug-likeness (QED) is 0.394. The van der Waals surface area contributed by atoms with Gasteiger partial charge in [-0.3, -0.25) is 4.79 Å². The summed E-state index contributed by atoms with van der Waals surface area (Å²) in [6, 6.07) is 6.19. The van der Waals surface area contributed by atoms with E-state index in [1.165, 1.54) is 55.2 Å². The Bertz CT molecular complexity index is 1250. The number of carbonyl (C=O) groups excluding carboxylic acids is 1. The molecule has 10 heteroatoms. The Morgan fingerprint density at radius 3 is 2.74 bits per heavy atom. The molecule has 3 aliphatic rings. The van der Waals surface area contributed by atoms with Crippen molar-refractivity contribution >= 4 is 52.1 Å². The summed E-state index contributed by atoms with van der Waals surface area (Å²) < 4.78 is 2.02. The van der Waals surface area contributed by atoms with Crippen LogP contribution in [0.5, 0.6) is 0 Å². The van der Waals surface area contributed by atoms with Crippen molar-refractivity contribution < 1.29 is 4.79 Å². The van der Waals surface area contributed by atoms with Gasteiger partial charge in [0.25, 0.3) is 0 Å². The van der Waals surface area contributed by atoms with E-state index >= 15 is 0 Å². The smallest absolute Gasteiger partial charge is 0.223 e. The minimum atomic E-state index is -0.103. The minimum absolute atomic E-state index is 0. The van der Waals surface area contributed by atoms with E-state index in [0.29, 0.717) is 22.0 Å². The number of amides is 1. The van der Waals surface area contributed by atoms with E-state index in [-0.39, 0.29) is 18.3 Å². The van der Waals surface area contributed by atoms with Gasteiger partial charge in [-0.05, 0) is 75.7 Å². The van der Waals surface area contributed by atoms with Gasteiger partial charge in [0.1, 0.15) is 0 Å². The molecule has 6 rings (SSSR count). The lowest BCUT2D eigenvalue weighted by Crippen LogP contribution is -2.31. The number of thiazole rings is 1. The molecule has 3 heterocycles. The second-order valence-electron chi connectivity index (χ2n) is 9.61. The number of nitrogens with one attached hydrogen (secondary N) is 3. The highest BCUT2D eigenvalue weighted by Crippen LogP contribution is 2.48. The molecule has 3 aromatic rings. The van der Waals surface area contributed by atoms with Crippen LogP contribution in [-0.2, 0) is 17.6 Å². The second kappa shape index (κ2) is 10.1. The van der Waals surface area contributed by atoms with Crippen molar-refractivity contribution in [2.45, 2.75) is 51.4 Å². The molecule has 2 fully saturated rings. The van der Waals surface area contributed by atoms with Crippen molar-refractivity contribution in [3.8, 4) is 16.3 Å². The number of rotatable bonds is 6. The predicted molar refractivity (Wildman–Crippen MR) is 145 cm³/mol. The first-order chi connectivity index (χ1) is 16.6. The number of anilines is 2. The fourth-order valence-corrected chi connectivity index (χ4v) is 6.47. The average Bonchev–Trinajstić information content (AvgIpc) is 3.47. The number of aromatic nitrogens is 3. The maximum absolute atomic E-state index is 11.6. The van der Waals surface area contributed by atoms with Crippen molar-refractivity contribution in [2.24, 2.45) is 5.92 Å². The molecule has 1 amide bonds. The first kappa shape index (κ1) is 24.6. The highest BCUT2D eigenvalue weighted by atomic mass is 35.5. The zero-order valence-electron chi connectivity index (χ0n) is 19.7. The van der Waals surface area contributed by atoms with Crippen LogP contribution in [0.25, 0.3) is 16.3 Å². The Hall–Kier alpha value is -2.13. The number of halogens is 2. The van der Waals surface area contributed by atoms with Crippen molar-refractivity contribution in [1.82, 2.24) is 20.1 Å². The zero-order chi connectivity index (χ0) is 23.2. The third-order valence-electron chi connectivity index (χ3n) is 7.02. The fourth-order valence-electron chi connectivity index (χ4n) is 5.10. The van der Waals surface area contributed by atoms with E-state index in [9.17, 15) is 4.79 Å². The number of fused-ring (bicyclic) bond motifs is 3. The molecular weight excluding hydrogens is 503 g/mol. The number of nitrogens with zero attached hydrogens (tertiary/aromatic N) is 3. The van der Waals surface area contributed by atoms with Gasteiger partial charge in [0.2, 0.25) is 5.91 Å². The molecule has 1 aliphatic heterocycles. The molecule has 0 radical (unpaired) electrons. The van der Waals surface area contributed by atoms with E-state index < -0.39 is 0 Å². The van der Waals surface area contributed by atoms with E-state index in [1.54, 1.807) is 0 Å². The summed E-state index contributed by atoms with van der Waals surface area (Å²) >= 11 is 8.38. The summed E-state index contributed by atoms with van der Waals surface area (Å²) in [5, 5.41) is 16.3. The van der Waals surface area contributed by atoms with Gasteiger partial charge in [-0.15, -0.1) is 12.4 Å². The minimum Gasteiger partial charge on any atom is -0.385 e. The number of carbonyl (C=O) groups is 1. The topological polar surface area (TPSA) is 83.9 Å². The molecule has 0 bridgehead atoms. The standard InChI is InChI=1S/C25H29ClN6OS.ClH/c1-14(33)29-25-30-20-6-5-18-22(16-2-3-16)31-32(23(18)24(20)34-25)21-7-4-17(12-19(21)26)28-13-15-8-10-27-11-9-15;/h4,7,12,15-16,27-28H,2-3,5-6,8-11,13H2,1H3,(H,29,30,33);1H. The molecule has 1 aromatic carbocycles. The number of hydrogen-bond acceptors (Lipinski definition) is 6. The van der Waals surface area contributed by atoms with Gasteiger partial charge in [-0.25, -0.2) is 9.67 Å². The Morgan fingerprint density at radius 1 is 1.23 bits per heavy atom. The highest BCUT2D eigenvalue weighted by Gasteiger charge is 2.36. The van der Waals surface area contributed by atoms with E-state index in [0.717, 1.165) is 60.1 Å². The molecule has 7 nitrogen and oxygen atoms in total. The van der Waals surface area contributed by atoms with Crippen molar-refractivity contribution in [3.05, 3.63) is 40.2 Å². The van der Waals surface area contributed by atoms with Crippen molar-refractivity contribution in [2.75, 3.05) is 30.3 Å². The number of benzene rings is 1. The summed E-state index contributed by atoms with van der Waals surface area (Å²) in [7, 11) is 0. The summed E-state index contributed by atoms with van der Waals surface area (Å²) in [6.45, 7) is 4.68. The SMILES string of the molecule is CC(=O)Nc1nc2c(s1)-c1c(c(C3CC3)nn1-c1ccc(NCC3CCNCC3)cc1Cl)CC2.Cl. The monoisotopic (exact) mass is 532 g/mol. The highest BCUT2D eigenvalue weighted by molar-refractivity contribution is 7.19. The van der Waals surface area contributed by atoms with E-state index in [4.69, 9.17) is 21.7 Å². The van der Waals surface area contributed by atoms with Crippen LogP contribution in [-0.4, -0.2) is 40.3 Å². The summed E-state index contributed by atoms with van der Waals surface area (Å²) in [5.41, 5.74) is 6.58. The molecule has 1 saturated carbocycles.